The quantitative estimate of drug-likeness (QED) is 0.230. The third kappa shape index (κ3) is 7.46. The maximum absolute atomic E-state index is 6.01. The highest BCUT2D eigenvalue weighted by atomic mass is 127. The topological polar surface area (TPSA) is 80.3 Å². The summed E-state index contributed by atoms with van der Waals surface area (Å²) < 4.78 is 18.7. The minimum atomic E-state index is 0. The van der Waals surface area contributed by atoms with Crippen molar-refractivity contribution in [2.24, 2.45) is 12.0 Å². The Balaban J connectivity index is 0.00000289. The van der Waals surface area contributed by atoms with Crippen molar-refractivity contribution in [3.8, 4) is 0 Å². The third-order valence-corrected chi connectivity index (χ3v) is 5.69. The molecule has 0 saturated carbocycles. The van der Waals surface area contributed by atoms with Crippen molar-refractivity contribution in [2.75, 3.05) is 65.6 Å². The molecule has 0 amide bonds. The van der Waals surface area contributed by atoms with Gasteiger partial charge in [0.25, 0.3) is 0 Å². The maximum Gasteiger partial charge on any atom is 0.194 e. The van der Waals surface area contributed by atoms with Gasteiger partial charge in [0.1, 0.15) is 11.9 Å². The summed E-state index contributed by atoms with van der Waals surface area (Å²) in [5.74, 6) is 1.93. The third-order valence-electron chi connectivity index (χ3n) is 5.69. The molecule has 0 radical (unpaired) electrons. The Labute approximate surface area is 207 Å². The van der Waals surface area contributed by atoms with Gasteiger partial charge in [-0.05, 0) is 18.6 Å². The molecule has 2 saturated heterocycles. The molecule has 4 heterocycles. The average Bonchev–Trinajstić information content (AvgIpc) is 3.48. The van der Waals surface area contributed by atoms with Gasteiger partial charge in [0.2, 0.25) is 0 Å². The summed E-state index contributed by atoms with van der Waals surface area (Å²) in [6.07, 6.45) is 7.51. The van der Waals surface area contributed by atoms with Crippen LogP contribution in [0.3, 0.4) is 0 Å². The Morgan fingerprint density at radius 1 is 1.25 bits per heavy atom. The second kappa shape index (κ2) is 13.2. The molecular formula is C22H35IN6O3. The lowest BCUT2D eigenvalue weighted by Gasteiger charge is -2.35. The van der Waals surface area contributed by atoms with Crippen molar-refractivity contribution < 1.29 is 13.9 Å². The number of halogens is 1. The van der Waals surface area contributed by atoms with Gasteiger partial charge >= 0.3 is 0 Å². The Hall–Kier alpha value is -1.63. The van der Waals surface area contributed by atoms with Crippen LogP contribution in [0.15, 0.2) is 40.2 Å². The van der Waals surface area contributed by atoms with E-state index in [1.807, 2.05) is 36.3 Å². The summed E-state index contributed by atoms with van der Waals surface area (Å²) in [5.41, 5.74) is 1.11. The molecule has 0 spiro atoms. The van der Waals surface area contributed by atoms with E-state index in [-0.39, 0.29) is 30.1 Å². The molecular weight excluding hydrogens is 523 g/mol. The van der Waals surface area contributed by atoms with Gasteiger partial charge < -0.3 is 24.1 Å². The maximum atomic E-state index is 6.01. The molecule has 0 aromatic carbocycles. The highest BCUT2D eigenvalue weighted by Gasteiger charge is 2.25. The Bertz CT molecular complexity index is 806. The SMILES string of the molecule is Cn1cc(C2CN(C(=NCCCN3CCOCC3)NCCc3ccco3)CCO2)cn1.I. The summed E-state index contributed by atoms with van der Waals surface area (Å²) >= 11 is 0. The monoisotopic (exact) mass is 558 g/mol. The van der Waals surface area contributed by atoms with Crippen molar-refractivity contribution in [1.82, 2.24) is 24.9 Å². The lowest BCUT2D eigenvalue weighted by molar-refractivity contribution is -0.00807. The number of ether oxygens (including phenoxy) is 2. The lowest BCUT2D eigenvalue weighted by Crippen LogP contribution is -2.48. The predicted molar refractivity (Wildman–Crippen MR) is 133 cm³/mol. The van der Waals surface area contributed by atoms with E-state index in [9.17, 15) is 0 Å². The van der Waals surface area contributed by atoms with Crippen LogP contribution in [0, 0.1) is 0 Å². The predicted octanol–water partition coefficient (Wildman–Crippen LogP) is 1.91. The number of rotatable bonds is 8. The number of furan rings is 1. The van der Waals surface area contributed by atoms with Crippen LogP contribution in [0.5, 0.6) is 0 Å². The Morgan fingerprint density at radius 3 is 2.88 bits per heavy atom. The second-order valence-electron chi connectivity index (χ2n) is 8.02. The zero-order valence-corrected chi connectivity index (χ0v) is 21.1. The lowest BCUT2D eigenvalue weighted by atomic mass is 10.1. The van der Waals surface area contributed by atoms with E-state index in [1.54, 1.807) is 6.26 Å². The first kappa shape index (κ1) is 25.0. The van der Waals surface area contributed by atoms with Gasteiger partial charge in [-0.1, -0.05) is 0 Å². The van der Waals surface area contributed by atoms with E-state index in [1.165, 1.54) is 0 Å². The fraction of sp³-hybridized carbons (Fsp3) is 0.636. The number of hydrogen-bond donors (Lipinski definition) is 1. The van der Waals surface area contributed by atoms with Crippen molar-refractivity contribution in [1.29, 1.82) is 0 Å². The number of nitrogens with zero attached hydrogens (tertiary/aromatic N) is 5. The van der Waals surface area contributed by atoms with E-state index < -0.39 is 0 Å². The fourth-order valence-electron chi connectivity index (χ4n) is 3.97. The molecule has 2 fully saturated rings. The van der Waals surface area contributed by atoms with Crippen LogP contribution in [0.1, 0.15) is 23.8 Å². The summed E-state index contributed by atoms with van der Waals surface area (Å²) in [7, 11) is 1.93. The second-order valence-corrected chi connectivity index (χ2v) is 8.02. The zero-order chi connectivity index (χ0) is 21.3. The van der Waals surface area contributed by atoms with Crippen LogP contribution in [0.2, 0.25) is 0 Å². The molecule has 178 valence electrons. The van der Waals surface area contributed by atoms with Crippen LogP contribution in [0.4, 0.5) is 0 Å². The number of hydrogen-bond acceptors (Lipinski definition) is 6. The zero-order valence-electron chi connectivity index (χ0n) is 18.8. The number of aromatic nitrogens is 2. The molecule has 0 aliphatic carbocycles. The highest BCUT2D eigenvalue weighted by molar-refractivity contribution is 14.0. The fourth-order valence-corrected chi connectivity index (χ4v) is 3.97. The molecule has 32 heavy (non-hydrogen) atoms. The Morgan fingerprint density at radius 2 is 2.12 bits per heavy atom. The largest absolute Gasteiger partial charge is 0.469 e. The minimum Gasteiger partial charge on any atom is -0.469 e. The number of aliphatic imine (C=N–C) groups is 1. The van der Waals surface area contributed by atoms with Crippen LogP contribution in [-0.4, -0.2) is 91.2 Å². The van der Waals surface area contributed by atoms with E-state index in [0.29, 0.717) is 6.61 Å². The minimum absolute atomic E-state index is 0. The van der Waals surface area contributed by atoms with Crippen LogP contribution < -0.4 is 5.32 Å². The molecule has 2 aliphatic heterocycles. The molecule has 1 N–H and O–H groups in total. The molecule has 10 heteroatoms. The van der Waals surface area contributed by atoms with Crippen molar-refractivity contribution in [3.05, 3.63) is 42.1 Å². The van der Waals surface area contributed by atoms with Gasteiger partial charge in [-0.25, -0.2) is 0 Å². The summed E-state index contributed by atoms with van der Waals surface area (Å²) in [6.45, 7) is 8.63. The standard InChI is InChI=1S/C22H34N6O3.HI/c1-26-17-19(16-25-26)21-18-28(11-15-31-21)22(24-7-5-20-4-2-12-30-20)23-6-3-8-27-9-13-29-14-10-27;/h2,4,12,16-17,21H,3,5-11,13-15,18H2,1H3,(H,23,24);1H. The molecule has 2 aromatic heterocycles. The van der Waals surface area contributed by atoms with Crippen molar-refractivity contribution in [2.45, 2.75) is 18.9 Å². The van der Waals surface area contributed by atoms with E-state index in [4.69, 9.17) is 18.9 Å². The summed E-state index contributed by atoms with van der Waals surface area (Å²) in [4.78, 5) is 9.71. The van der Waals surface area contributed by atoms with Gasteiger partial charge in [0, 0.05) is 64.5 Å². The van der Waals surface area contributed by atoms with E-state index >= 15 is 0 Å². The average molecular weight is 558 g/mol. The number of nitrogens with one attached hydrogen (secondary N) is 1. The molecule has 0 bridgehead atoms. The number of morpholine rings is 2. The first-order valence-corrected chi connectivity index (χ1v) is 11.2. The smallest absolute Gasteiger partial charge is 0.194 e. The van der Waals surface area contributed by atoms with Crippen molar-refractivity contribution in [3.63, 3.8) is 0 Å². The van der Waals surface area contributed by atoms with E-state index in [2.05, 4.69) is 20.2 Å². The van der Waals surface area contributed by atoms with Crippen LogP contribution in [-0.2, 0) is 22.9 Å². The number of guanidine groups is 1. The summed E-state index contributed by atoms with van der Waals surface area (Å²) in [5, 5.41) is 7.84. The summed E-state index contributed by atoms with van der Waals surface area (Å²) in [6, 6.07) is 3.93. The van der Waals surface area contributed by atoms with Crippen LogP contribution in [0.25, 0.3) is 0 Å². The van der Waals surface area contributed by atoms with Gasteiger partial charge in [0.05, 0.1) is 38.8 Å². The first-order chi connectivity index (χ1) is 15.3. The number of aryl methyl sites for hydroxylation is 1. The van der Waals surface area contributed by atoms with Crippen LogP contribution >= 0.6 is 24.0 Å². The van der Waals surface area contributed by atoms with Gasteiger partial charge in [-0.2, -0.15) is 5.10 Å². The van der Waals surface area contributed by atoms with Gasteiger partial charge in [-0.15, -0.1) is 24.0 Å². The molecule has 9 nitrogen and oxygen atoms in total. The van der Waals surface area contributed by atoms with Gasteiger partial charge in [-0.3, -0.25) is 14.6 Å². The molecule has 1 unspecified atom stereocenters. The highest BCUT2D eigenvalue weighted by Crippen LogP contribution is 2.21. The Kier molecular flexibility index (Phi) is 10.3. The molecule has 2 aromatic rings. The first-order valence-electron chi connectivity index (χ1n) is 11.2. The van der Waals surface area contributed by atoms with E-state index in [0.717, 1.165) is 89.2 Å². The molecule has 1 atom stereocenters. The van der Waals surface area contributed by atoms with Crippen molar-refractivity contribution >= 4 is 29.9 Å². The molecule has 2 aliphatic rings. The normalized spacial score (nSPS) is 20.2. The molecule has 4 rings (SSSR count). The van der Waals surface area contributed by atoms with Gasteiger partial charge in [0.15, 0.2) is 5.96 Å².